The van der Waals surface area contributed by atoms with E-state index in [1.54, 1.807) is 49.5 Å². The summed E-state index contributed by atoms with van der Waals surface area (Å²) in [6.07, 6.45) is 3.72. The van der Waals surface area contributed by atoms with Crippen molar-refractivity contribution in [1.29, 1.82) is 0 Å². The second-order valence-electron chi connectivity index (χ2n) is 6.92. The molecule has 0 saturated carbocycles. The van der Waals surface area contributed by atoms with E-state index < -0.39 is 0 Å². The van der Waals surface area contributed by atoms with Crippen LogP contribution in [0, 0.1) is 0 Å². The third kappa shape index (κ3) is 4.11. The molecule has 1 heterocycles. The Hall–Kier alpha value is -3.41. The van der Waals surface area contributed by atoms with Gasteiger partial charge in [0.25, 0.3) is 5.91 Å². The lowest BCUT2D eigenvalue weighted by molar-refractivity contribution is -0.129. The number of rotatable bonds is 4. The summed E-state index contributed by atoms with van der Waals surface area (Å²) in [5.74, 6) is -0.483. The third-order valence-electron chi connectivity index (χ3n) is 4.65. The van der Waals surface area contributed by atoms with Crippen molar-refractivity contribution >= 4 is 29.5 Å². The zero-order chi connectivity index (χ0) is 20.3. The quantitative estimate of drug-likeness (QED) is 0.889. The molecule has 2 aromatic rings. The van der Waals surface area contributed by atoms with Crippen LogP contribution >= 0.6 is 0 Å². The van der Waals surface area contributed by atoms with Gasteiger partial charge in [-0.3, -0.25) is 14.4 Å². The number of hydrogen-bond donors (Lipinski definition) is 1. The largest absolute Gasteiger partial charge is 0.345 e. The van der Waals surface area contributed by atoms with Crippen molar-refractivity contribution in [2.24, 2.45) is 0 Å². The Morgan fingerprint density at radius 1 is 1.07 bits per heavy atom. The molecule has 3 amide bonds. The first kappa shape index (κ1) is 19.4. The fourth-order valence-electron chi connectivity index (χ4n) is 3.29. The summed E-state index contributed by atoms with van der Waals surface area (Å²) in [7, 11) is 3.36. The van der Waals surface area contributed by atoms with Crippen LogP contribution in [0.25, 0.3) is 6.08 Å². The van der Waals surface area contributed by atoms with Crippen molar-refractivity contribution in [1.82, 2.24) is 9.80 Å². The van der Waals surface area contributed by atoms with Crippen LogP contribution in [0.5, 0.6) is 0 Å². The fraction of sp³-hybridized carbons (Fsp3) is 0.227. The number of hydrogen-bond acceptors (Lipinski definition) is 3. The normalized spacial score (nSPS) is 15.0. The summed E-state index contributed by atoms with van der Waals surface area (Å²) in [5, 5.41) is 2.84. The van der Waals surface area contributed by atoms with Crippen LogP contribution in [-0.4, -0.2) is 41.6 Å². The van der Waals surface area contributed by atoms with Crippen molar-refractivity contribution in [3.8, 4) is 0 Å². The van der Waals surface area contributed by atoms with Crippen LogP contribution in [-0.2, 0) is 9.59 Å². The van der Waals surface area contributed by atoms with Gasteiger partial charge in [0.1, 0.15) is 0 Å². The smallest absolute Gasteiger partial charge is 0.253 e. The Morgan fingerprint density at radius 2 is 1.82 bits per heavy atom. The van der Waals surface area contributed by atoms with Crippen molar-refractivity contribution in [3.05, 3.63) is 71.4 Å². The molecule has 1 atom stereocenters. The molecule has 0 aromatic heterocycles. The molecule has 1 aliphatic heterocycles. The zero-order valence-electron chi connectivity index (χ0n) is 16.2. The molecule has 1 unspecified atom stereocenters. The van der Waals surface area contributed by atoms with E-state index in [1.807, 2.05) is 30.3 Å². The summed E-state index contributed by atoms with van der Waals surface area (Å²) < 4.78 is 0. The maximum absolute atomic E-state index is 12.7. The highest BCUT2D eigenvalue weighted by Crippen LogP contribution is 2.33. The molecule has 1 aliphatic rings. The number of nitrogens with zero attached hydrogens (tertiary/aromatic N) is 2. The molecule has 1 N–H and O–H groups in total. The highest BCUT2D eigenvalue weighted by Gasteiger charge is 2.28. The van der Waals surface area contributed by atoms with Gasteiger partial charge in [-0.15, -0.1) is 0 Å². The van der Waals surface area contributed by atoms with Crippen molar-refractivity contribution in [3.63, 3.8) is 0 Å². The summed E-state index contributed by atoms with van der Waals surface area (Å²) >= 11 is 0. The molecule has 0 saturated heterocycles. The minimum Gasteiger partial charge on any atom is -0.345 e. The van der Waals surface area contributed by atoms with Crippen molar-refractivity contribution < 1.29 is 14.4 Å². The van der Waals surface area contributed by atoms with Crippen LogP contribution in [0.2, 0.25) is 0 Å². The standard InChI is InChI=1S/C22H23N3O3/c1-15(26)25-12-11-16-7-4-5-10-19(16)20(25)14-21(27)23-18-9-6-8-17(13-18)22(28)24(2)3/h4-13,20H,14H2,1-3H3,(H,23,27). The lowest BCUT2D eigenvalue weighted by Gasteiger charge is -2.32. The molecule has 0 spiro atoms. The molecule has 0 fully saturated rings. The van der Waals surface area contributed by atoms with Gasteiger partial charge in [-0.1, -0.05) is 30.3 Å². The third-order valence-corrected chi connectivity index (χ3v) is 4.65. The molecule has 0 bridgehead atoms. The first-order valence-corrected chi connectivity index (χ1v) is 9.04. The Labute approximate surface area is 164 Å². The minimum atomic E-state index is -0.370. The molecule has 2 aromatic carbocycles. The first-order chi connectivity index (χ1) is 13.4. The first-order valence-electron chi connectivity index (χ1n) is 9.04. The predicted octanol–water partition coefficient (Wildman–Crippen LogP) is 3.29. The van der Waals surface area contributed by atoms with Gasteiger partial charge in [0.15, 0.2) is 0 Å². The highest BCUT2D eigenvalue weighted by molar-refractivity contribution is 5.97. The van der Waals surface area contributed by atoms with E-state index in [0.717, 1.165) is 11.1 Å². The Morgan fingerprint density at radius 3 is 2.54 bits per heavy atom. The van der Waals surface area contributed by atoms with Gasteiger partial charge in [0, 0.05) is 38.5 Å². The van der Waals surface area contributed by atoms with E-state index >= 15 is 0 Å². The van der Waals surface area contributed by atoms with E-state index in [2.05, 4.69) is 5.32 Å². The van der Waals surface area contributed by atoms with E-state index in [4.69, 9.17) is 0 Å². The topological polar surface area (TPSA) is 69.7 Å². The molecule has 6 heteroatoms. The average molecular weight is 377 g/mol. The molecular weight excluding hydrogens is 354 g/mol. The number of carbonyl (C=O) groups excluding carboxylic acids is 3. The Bertz CT molecular complexity index is 950. The number of nitrogens with one attached hydrogen (secondary N) is 1. The van der Waals surface area contributed by atoms with Gasteiger partial charge in [0.05, 0.1) is 12.5 Å². The number of amides is 3. The van der Waals surface area contributed by atoms with Gasteiger partial charge in [-0.25, -0.2) is 0 Å². The molecule has 144 valence electrons. The van der Waals surface area contributed by atoms with Gasteiger partial charge in [-0.05, 0) is 35.4 Å². The molecule has 0 radical (unpaired) electrons. The minimum absolute atomic E-state index is 0.118. The van der Waals surface area contributed by atoms with Crippen molar-refractivity contribution in [2.75, 3.05) is 19.4 Å². The number of carbonyl (C=O) groups is 3. The van der Waals surface area contributed by atoms with Crippen LogP contribution < -0.4 is 5.32 Å². The number of anilines is 1. The van der Waals surface area contributed by atoms with E-state index in [-0.39, 0.29) is 30.2 Å². The SMILES string of the molecule is CC(=O)N1C=Cc2ccccc2C1CC(=O)Nc1cccc(C(=O)N(C)C)c1. The second kappa shape index (κ2) is 8.08. The average Bonchev–Trinajstić information content (AvgIpc) is 2.67. The summed E-state index contributed by atoms with van der Waals surface area (Å²) in [6.45, 7) is 1.49. The summed E-state index contributed by atoms with van der Waals surface area (Å²) in [5.41, 5.74) is 2.98. The van der Waals surface area contributed by atoms with Crippen LogP contribution in [0.3, 0.4) is 0 Å². The molecule has 28 heavy (non-hydrogen) atoms. The summed E-state index contributed by atoms with van der Waals surface area (Å²) in [4.78, 5) is 39.9. The fourth-order valence-corrected chi connectivity index (χ4v) is 3.29. The lowest BCUT2D eigenvalue weighted by Crippen LogP contribution is -2.33. The molecular formula is C22H23N3O3. The number of fused-ring (bicyclic) bond motifs is 1. The van der Waals surface area contributed by atoms with Gasteiger partial charge < -0.3 is 15.1 Å². The van der Waals surface area contributed by atoms with Crippen LogP contribution in [0.15, 0.2) is 54.7 Å². The van der Waals surface area contributed by atoms with Gasteiger partial charge >= 0.3 is 0 Å². The van der Waals surface area contributed by atoms with E-state index in [0.29, 0.717) is 11.3 Å². The Kier molecular flexibility index (Phi) is 5.59. The predicted molar refractivity (Wildman–Crippen MR) is 108 cm³/mol. The van der Waals surface area contributed by atoms with E-state index in [1.165, 1.54) is 11.8 Å². The van der Waals surface area contributed by atoms with Crippen LogP contribution in [0.1, 0.15) is 40.9 Å². The van der Waals surface area contributed by atoms with Gasteiger partial charge in [-0.2, -0.15) is 0 Å². The summed E-state index contributed by atoms with van der Waals surface area (Å²) in [6, 6.07) is 14.2. The van der Waals surface area contributed by atoms with Gasteiger partial charge in [0.2, 0.25) is 11.8 Å². The van der Waals surface area contributed by atoms with Crippen molar-refractivity contribution in [2.45, 2.75) is 19.4 Å². The lowest BCUT2D eigenvalue weighted by atomic mass is 9.93. The number of benzene rings is 2. The second-order valence-corrected chi connectivity index (χ2v) is 6.92. The van der Waals surface area contributed by atoms with Crippen LogP contribution in [0.4, 0.5) is 5.69 Å². The highest BCUT2D eigenvalue weighted by atomic mass is 16.2. The Balaban J connectivity index is 1.78. The van der Waals surface area contributed by atoms with E-state index in [9.17, 15) is 14.4 Å². The molecule has 6 nitrogen and oxygen atoms in total. The maximum Gasteiger partial charge on any atom is 0.253 e. The molecule has 0 aliphatic carbocycles. The maximum atomic E-state index is 12.7. The molecule has 3 rings (SSSR count). The zero-order valence-corrected chi connectivity index (χ0v) is 16.2. The monoisotopic (exact) mass is 377 g/mol.